The molecule has 3 aromatic rings. The van der Waals surface area contributed by atoms with Crippen LogP contribution in [0.1, 0.15) is 31.4 Å². The summed E-state index contributed by atoms with van der Waals surface area (Å²) in [5.41, 5.74) is 2.63. The molecule has 0 bridgehead atoms. The number of sulfonamides is 1. The summed E-state index contributed by atoms with van der Waals surface area (Å²) in [7, 11) is -2.66. The Kier molecular flexibility index (Phi) is 7.31. The molecule has 0 saturated heterocycles. The maximum absolute atomic E-state index is 13.6. The summed E-state index contributed by atoms with van der Waals surface area (Å²) in [6.45, 7) is 3.08. The van der Waals surface area contributed by atoms with Crippen LogP contribution >= 0.6 is 11.6 Å². The molecule has 1 heterocycles. The lowest BCUT2D eigenvalue weighted by molar-refractivity contribution is -0.137. The maximum Gasteiger partial charge on any atom is 0.318 e. The number of ether oxygens (including phenoxy) is 2. The molecule has 0 aromatic heterocycles. The Hall–Kier alpha value is -3.07. The van der Waals surface area contributed by atoms with Crippen molar-refractivity contribution in [3.8, 4) is 22.6 Å². The second-order valence-corrected chi connectivity index (χ2v) is 11.7. The van der Waals surface area contributed by atoms with Crippen molar-refractivity contribution < 1.29 is 27.8 Å². The summed E-state index contributed by atoms with van der Waals surface area (Å²) in [4.78, 5) is 11.7. The number of halogens is 1. The normalized spacial score (nSPS) is 14.7. The van der Waals surface area contributed by atoms with Crippen LogP contribution in [-0.4, -0.2) is 43.1 Å². The predicted octanol–water partition coefficient (Wildman–Crippen LogP) is 5.39. The van der Waals surface area contributed by atoms with Crippen molar-refractivity contribution in [2.45, 2.75) is 43.7 Å². The summed E-state index contributed by atoms with van der Waals surface area (Å²) in [5.74, 6) is -0.162. The quantitative estimate of drug-likeness (QED) is 0.420. The van der Waals surface area contributed by atoms with Gasteiger partial charge in [0.25, 0.3) is 0 Å². The molecule has 9 heteroatoms. The smallest absolute Gasteiger partial charge is 0.318 e. The van der Waals surface area contributed by atoms with Crippen molar-refractivity contribution in [2.75, 3.05) is 13.7 Å². The van der Waals surface area contributed by atoms with Crippen LogP contribution in [0.4, 0.5) is 0 Å². The number of fused-ring (bicyclic) bond motifs is 1. The van der Waals surface area contributed by atoms with Gasteiger partial charge in [-0.1, -0.05) is 29.8 Å². The van der Waals surface area contributed by atoms with Gasteiger partial charge in [0.1, 0.15) is 23.6 Å². The molecule has 0 atom stereocenters. The topological polar surface area (TPSA) is 93.1 Å². The highest BCUT2D eigenvalue weighted by atomic mass is 35.5. The lowest BCUT2D eigenvalue weighted by atomic mass is 9.94. The van der Waals surface area contributed by atoms with E-state index in [1.165, 1.54) is 13.2 Å². The first kappa shape index (κ1) is 26.0. The highest BCUT2D eigenvalue weighted by Gasteiger charge is 2.31. The van der Waals surface area contributed by atoms with Gasteiger partial charge in [0.05, 0.1) is 12.0 Å². The van der Waals surface area contributed by atoms with Gasteiger partial charge in [0, 0.05) is 17.1 Å². The van der Waals surface area contributed by atoms with Gasteiger partial charge >= 0.3 is 5.97 Å². The fourth-order valence-corrected chi connectivity index (χ4v) is 5.87. The average molecular weight is 530 g/mol. The second kappa shape index (κ2) is 10.1. The zero-order valence-electron chi connectivity index (χ0n) is 20.3. The number of aryl methyl sites for hydroxylation is 1. The van der Waals surface area contributed by atoms with Crippen LogP contribution < -0.4 is 9.47 Å². The molecule has 36 heavy (non-hydrogen) atoms. The Morgan fingerprint density at radius 2 is 1.86 bits per heavy atom. The van der Waals surface area contributed by atoms with Crippen molar-refractivity contribution in [2.24, 2.45) is 0 Å². The summed E-state index contributed by atoms with van der Waals surface area (Å²) in [6.07, 6.45) is 1.41. The van der Waals surface area contributed by atoms with Crippen molar-refractivity contribution in [1.29, 1.82) is 0 Å². The van der Waals surface area contributed by atoms with E-state index in [1.54, 1.807) is 36.4 Å². The number of carboxylic acid groups (broad SMARTS) is 1. The molecule has 3 aromatic carbocycles. The number of benzene rings is 3. The third-order valence-electron chi connectivity index (χ3n) is 6.15. The highest BCUT2D eigenvalue weighted by Crippen LogP contribution is 2.36. The van der Waals surface area contributed by atoms with Gasteiger partial charge in [-0.3, -0.25) is 4.79 Å². The fourth-order valence-electron chi connectivity index (χ4n) is 4.26. The first-order valence-electron chi connectivity index (χ1n) is 11.5. The van der Waals surface area contributed by atoms with E-state index in [0.29, 0.717) is 28.5 Å². The largest absolute Gasteiger partial charge is 0.496 e. The molecule has 1 aliphatic rings. The summed E-state index contributed by atoms with van der Waals surface area (Å²) in [6, 6.07) is 17.3. The summed E-state index contributed by atoms with van der Waals surface area (Å²) >= 11 is 6.14. The zero-order valence-corrected chi connectivity index (χ0v) is 21.9. The Balaban J connectivity index is 1.71. The van der Waals surface area contributed by atoms with E-state index in [2.05, 4.69) is 0 Å². The van der Waals surface area contributed by atoms with Gasteiger partial charge < -0.3 is 14.6 Å². The van der Waals surface area contributed by atoms with Gasteiger partial charge in [-0.05, 0) is 85.8 Å². The molecular formula is C27H28ClNO6S. The van der Waals surface area contributed by atoms with E-state index in [9.17, 15) is 18.3 Å². The maximum atomic E-state index is 13.6. The SMILES string of the molecule is COc1ccc(-c2cccc(Cl)c2)cc1CN(CC(=O)O)S(=O)(=O)c1ccc2c(c1)CCC(C)(C)O2. The van der Waals surface area contributed by atoms with E-state index in [0.717, 1.165) is 27.4 Å². The molecular weight excluding hydrogens is 502 g/mol. The molecule has 0 amide bonds. The Bertz CT molecular complexity index is 1400. The van der Waals surface area contributed by atoms with E-state index in [-0.39, 0.29) is 17.0 Å². The number of nitrogens with zero attached hydrogens (tertiary/aromatic N) is 1. The highest BCUT2D eigenvalue weighted by molar-refractivity contribution is 7.89. The monoisotopic (exact) mass is 529 g/mol. The van der Waals surface area contributed by atoms with E-state index in [4.69, 9.17) is 21.1 Å². The van der Waals surface area contributed by atoms with E-state index in [1.807, 2.05) is 32.0 Å². The third kappa shape index (κ3) is 5.67. The number of methoxy groups -OCH3 is 1. The van der Waals surface area contributed by atoms with Crippen LogP contribution in [0.15, 0.2) is 65.6 Å². The molecule has 1 aliphatic heterocycles. The molecule has 0 radical (unpaired) electrons. The van der Waals surface area contributed by atoms with Gasteiger partial charge in [0.15, 0.2) is 0 Å². The predicted molar refractivity (Wildman–Crippen MR) is 138 cm³/mol. The molecule has 1 N–H and O–H groups in total. The molecule has 7 nitrogen and oxygen atoms in total. The Labute approximate surface area is 216 Å². The molecule has 0 fully saturated rings. The minimum absolute atomic E-state index is 0.0239. The average Bonchev–Trinajstić information content (AvgIpc) is 2.82. The first-order valence-corrected chi connectivity index (χ1v) is 13.3. The lowest BCUT2D eigenvalue weighted by Gasteiger charge is -2.33. The van der Waals surface area contributed by atoms with Crippen LogP contribution in [0.25, 0.3) is 11.1 Å². The zero-order chi connectivity index (χ0) is 26.1. The van der Waals surface area contributed by atoms with Crippen LogP contribution in [0.3, 0.4) is 0 Å². The van der Waals surface area contributed by atoms with Crippen molar-refractivity contribution in [3.63, 3.8) is 0 Å². The lowest BCUT2D eigenvalue weighted by Crippen LogP contribution is -2.36. The number of carboxylic acids is 1. The van der Waals surface area contributed by atoms with Gasteiger partial charge in [0.2, 0.25) is 10.0 Å². The van der Waals surface area contributed by atoms with Crippen molar-refractivity contribution in [3.05, 3.63) is 76.8 Å². The van der Waals surface area contributed by atoms with Crippen LogP contribution in [0.2, 0.25) is 5.02 Å². The number of hydrogen-bond donors (Lipinski definition) is 1. The minimum atomic E-state index is -4.15. The van der Waals surface area contributed by atoms with Gasteiger partial charge in [-0.2, -0.15) is 4.31 Å². The molecule has 0 aliphatic carbocycles. The summed E-state index contributed by atoms with van der Waals surface area (Å²) < 4.78 is 39.7. The second-order valence-electron chi connectivity index (χ2n) is 9.34. The van der Waals surface area contributed by atoms with Gasteiger partial charge in [-0.15, -0.1) is 0 Å². The van der Waals surface area contributed by atoms with Crippen LogP contribution in [-0.2, 0) is 27.8 Å². The van der Waals surface area contributed by atoms with Gasteiger partial charge in [-0.25, -0.2) is 8.42 Å². The number of rotatable bonds is 8. The number of carbonyl (C=O) groups is 1. The molecule has 0 saturated carbocycles. The summed E-state index contributed by atoms with van der Waals surface area (Å²) in [5, 5.41) is 10.1. The molecule has 0 spiro atoms. The first-order chi connectivity index (χ1) is 17.0. The fraction of sp³-hybridized carbons (Fsp3) is 0.296. The van der Waals surface area contributed by atoms with Crippen LogP contribution in [0.5, 0.6) is 11.5 Å². The molecule has 4 rings (SSSR count). The van der Waals surface area contributed by atoms with Crippen molar-refractivity contribution >= 4 is 27.6 Å². The Morgan fingerprint density at radius 3 is 2.56 bits per heavy atom. The standard InChI is InChI=1S/C27H28ClNO6S/c1-27(2)12-11-20-15-23(8-10-25(20)35-27)36(32,33)29(17-26(30)31)16-21-13-19(7-9-24(21)34-3)18-5-4-6-22(28)14-18/h4-10,13-15H,11-12,16-17H2,1-3H3,(H,30,31). The van der Waals surface area contributed by atoms with E-state index < -0.39 is 22.5 Å². The minimum Gasteiger partial charge on any atom is -0.496 e. The molecule has 0 unspecified atom stereocenters. The third-order valence-corrected chi connectivity index (χ3v) is 8.17. The van der Waals surface area contributed by atoms with Crippen LogP contribution in [0, 0.1) is 0 Å². The number of hydrogen-bond acceptors (Lipinski definition) is 5. The van der Waals surface area contributed by atoms with E-state index >= 15 is 0 Å². The Morgan fingerprint density at radius 1 is 1.11 bits per heavy atom. The number of aliphatic carboxylic acids is 1. The van der Waals surface area contributed by atoms with Crippen molar-refractivity contribution in [1.82, 2.24) is 4.31 Å². The molecule has 190 valence electrons.